The lowest BCUT2D eigenvalue weighted by molar-refractivity contribution is -0.149. The Bertz CT molecular complexity index is 2480. The Morgan fingerprint density at radius 1 is 1.00 bits per heavy atom. The molecule has 0 unspecified atom stereocenters. The number of ether oxygens (including phenoxy) is 4. The SMILES string of the molecule is COC(=O)[C@@](C)(CO)NCc1cc(Br)c(O[C@H]2CCc3c(-c4cccc(-c5ccc(CNC[C@@H]6CCC(=O)N6)c(OC)n5)c4Cl)cccc32)nc1OCc1cncc(C#N)c1. The van der Waals surface area contributed by atoms with Gasteiger partial charge in [0.25, 0.3) is 0 Å². The van der Waals surface area contributed by atoms with Crippen LogP contribution in [0, 0.1) is 11.3 Å². The van der Waals surface area contributed by atoms with E-state index in [9.17, 15) is 20.0 Å². The number of hydrogen-bond donors (Lipinski definition) is 4. The predicted octanol–water partition coefficient (Wildman–Crippen LogP) is 6.53. The Hall–Kier alpha value is -5.63. The fourth-order valence-corrected chi connectivity index (χ4v) is 8.30. The molecule has 4 N–H and O–H groups in total. The van der Waals surface area contributed by atoms with Crippen LogP contribution >= 0.6 is 27.5 Å². The lowest BCUT2D eigenvalue weighted by Crippen LogP contribution is -2.52. The highest BCUT2D eigenvalue weighted by molar-refractivity contribution is 9.10. The van der Waals surface area contributed by atoms with Crippen molar-refractivity contribution in [3.63, 3.8) is 0 Å². The molecule has 2 aliphatic rings. The van der Waals surface area contributed by atoms with E-state index in [1.807, 2.05) is 36.4 Å². The van der Waals surface area contributed by atoms with Gasteiger partial charge in [0.2, 0.25) is 23.5 Å². The molecule has 2 aromatic carbocycles. The quantitative estimate of drug-likeness (QED) is 0.0738. The molecule has 7 rings (SSSR count). The minimum Gasteiger partial charge on any atom is -0.481 e. The van der Waals surface area contributed by atoms with Crippen LogP contribution in [-0.2, 0) is 40.4 Å². The van der Waals surface area contributed by atoms with Gasteiger partial charge in [0.1, 0.15) is 24.3 Å². The molecule has 1 saturated heterocycles. The van der Waals surface area contributed by atoms with Crippen molar-refractivity contribution in [1.82, 2.24) is 30.9 Å². The predicted molar refractivity (Wildman–Crippen MR) is 231 cm³/mol. The number of carbonyl (C=O) groups is 2. The number of rotatable bonds is 17. The van der Waals surface area contributed by atoms with Crippen molar-refractivity contribution in [2.45, 2.75) is 70.0 Å². The molecule has 3 aromatic heterocycles. The number of nitrogens with one attached hydrogen (secondary N) is 3. The van der Waals surface area contributed by atoms with Crippen LogP contribution in [0.15, 0.2) is 77.5 Å². The van der Waals surface area contributed by atoms with Gasteiger partial charge in [-0.25, -0.2) is 9.78 Å². The number of aliphatic hydroxyl groups excluding tert-OH is 1. The van der Waals surface area contributed by atoms with Crippen LogP contribution in [0.4, 0.5) is 0 Å². The third-order valence-corrected chi connectivity index (χ3v) is 11.8. The van der Waals surface area contributed by atoms with Crippen molar-refractivity contribution in [2.24, 2.45) is 0 Å². The number of fused-ring (bicyclic) bond motifs is 1. The Kier molecular flexibility index (Phi) is 13.8. The molecule has 0 bridgehead atoms. The van der Waals surface area contributed by atoms with Crippen LogP contribution in [0.1, 0.15) is 65.7 Å². The number of esters is 1. The van der Waals surface area contributed by atoms with Crippen LogP contribution in [0.2, 0.25) is 5.02 Å². The maximum Gasteiger partial charge on any atom is 0.328 e. The molecule has 1 fully saturated rings. The number of carbonyl (C=O) groups excluding carboxylic acids is 2. The Balaban J connectivity index is 1.12. The third-order valence-electron chi connectivity index (χ3n) is 10.9. The fourth-order valence-electron chi connectivity index (χ4n) is 7.52. The summed E-state index contributed by atoms with van der Waals surface area (Å²) in [7, 11) is 2.85. The molecule has 0 saturated carbocycles. The van der Waals surface area contributed by atoms with E-state index in [4.69, 9.17) is 40.5 Å². The number of pyridine rings is 3. The van der Waals surface area contributed by atoms with Gasteiger partial charge in [-0.1, -0.05) is 54.1 Å². The maximum atomic E-state index is 12.5. The Morgan fingerprint density at radius 2 is 1.80 bits per heavy atom. The van der Waals surface area contributed by atoms with Gasteiger partial charge in [0.05, 0.1) is 41.6 Å². The van der Waals surface area contributed by atoms with E-state index in [0.717, 1.165) is 46.2 Å². The standard InChI is InChI=1S/C45H45BrClN7O7/c1-45(25-55,44(57)59-3)51-22-29-17-36(46)43(54-42(29)60-24-27-16-26(18-48)19-49-20-27)61-38-14-12-32-31(6-4-7-33(32)38)34-8-5-9-35(40(34)47)37-13-10-28(41(53-37)58-2)21-50-23-30-11-15-39(56)52-30/h4-10,13,16-17,19-20,30,38,50-51,55H,11-12,14-15,21-25H2,1-3H3,(H,52,56)/t30-,38-,45+/m0/s1. The number of hydrogen-bond acceptors (Lipinski definition) is 13. The van der Waals surface area contributed by atoms with E-state index < -0.39 is 18.1 Å². The zero-order valence-electron chi connectivity index (χ0n) is 33.9. The van der Waals surface area contributed by atoms with Crippen molar-refractivity contribution < 1.29 is 33.6 Å². The highest BCUT2D eigenvalue weighted by Gasteiger charge is 2.34. The summed E-state index contributed by atoms with van der Waals surface area (Å²) in [4.78, 5) is 37.9. The molecule has 0 radical (unpaired) electrons. The van der Waals surface area contributed by atoms with E-state index in [0.29, 0.717) is 69.6 Å². The van der Waals surface area contributed by atoms with Gasteiger partial charge in [-0.15, -0.1) is 0 Å². The first-order valence-electron chi connectivity index (χ1n) is 19.8. The van der Waals surface area contributed by atoms with Gasteiger partial charge in [0, 0.05) is 72.3 Å². The average Bonchev–Trinajstić information content (AvgIpc) is 3.90. The summed E-state index contributed by atoms with van der Waals surface area (Å²) in [6.45, 7) is 2.38. The molecule has 1 amide bonds. The lowest BCUT2D eigenvalue weighted by atomic mass is 9.94. The third kappa shape index (κ3) is 9.80. The van der Waals surface area contributed by atoms with Crippen molar-refractivity contribution >= 4 is 39.4 Å². The average molecular weight is 911 g/mol. The highest BCUT2D eigenvalue weighted by atomic mass is 79.9. The number of amides is 1. The Labute approximate surface area is 367 Å². The number of nitrogens with zero attached hydrogens (tertiary/aromatic N) is 4. The van der Waals surface area contributed by atoms with Crippen LogP contribution in [-0.4, -0.2) is 70.9 Å². The summed E-state index contributed by atoms with van der Waals surface area (Å²) in [5.41, 5.74) is 6.56. The molecule has 16 heteroatoms. The van der Waals surface area contributed by atoms with E-state index in [1.54, 1.807) is 32.4 Å². The van der Waals surface area contributed by atoms with Crippen LogP contribution in [0.3, 0.4) is 0 Å². The molecule has 1 aliphatic carbocycles. The molecular formula is C45H45BrClN7O7. The summed E-state index contributed by atoms with van der Waals surface area (Å²) in [6.07, 6.45) is 5.52. The first-order chi connectivity index (χ1) is 29.5. The minimum absolute atomic E-state index is 0.0549. The molecule has 0 spiro atoms. The minimum atomic E-state index is -1.38. The number of aliphatic hydroxyl groups is 1. The largest absolute Gasteiger partial charge is 0.481 e. The summed E-state index contributed by atoms with van der Waals surface area (Å²) in [5, 5.41) is 29.4. The van der Waals surface area contributed by atoms with Gasteiger partial charge in [-0.05, 0) is 77.0 Å². The molecule has 1 aliphatic heterocycles. The second kappa shape index (κ2) is 19.4. The summed E-state index contributed by atoms with van der Waals surface area (Å²) in [6, 6.07) is 21.6. The molecule has 5 aromatic rings. The van der Waals surface area contributed by atoms with Crippen molar-refractivity contribution in [1.29, 1.82) is 5.26 Å². The molecular weight excluding hydrogens is 866 g/mol. The number of halogens is 2. The second-order valence-corrected chi connectivity index (χ2v) is 16.3. The molecule has 14 nitrogen and oxygen atoms in total. The topological polar surface area (TPSA) is 190 Å². The van der Waals surface area contributed by atoms with E-state index in [1.165, 1.54) is 13.3 Å². The van der Waals surface area contributed by atoms with Gasteiger partial charge in [-0.2, -0.15) is 10.2 Å². The van der Waals surface area contributed by atoms with Crippen molar-refractivity contribution in [3.05, 3.63) is 116 Å². The van der Waals surface area contributed by atoms with E-state index in [-0.39, 0.29) is 37.1 Å². The molecule has 316 valence electrons. The van der Waals surface area contributed by atoms with Crippen molar-refractivity contribution in [3.8, 4) is 46.1 Å². The lowest BCUT2D eigenvalue weighted by Gasteiger charge is -2.26. The van der Waals surface area contributed by atoms with E-state index in [2.05, 4.69) is 55.1 Å². The van der Waals surface area contributed by atoms with Crippen LogP contribution in [0.25, 0.3) is 22.4 Å². The summed E-state index contributed by atoms with van der Waals surface area (Å²) < 4.78 is 24.0. The van der Waals surface area contributed by atoms with Crippen LogP contribution < -0.4 is 30.2 Å². The van der Waals surface area contributed by atoms with Crippen molar-refractivity contribution in [2.75, 3.05) is 27.4 Å². The monoisotopic (exact) mass is 909 g/mol. The number of methoxy groups -OCH3 is 2. The number of nitriles is 1. The molecule has 3 atom stereocenters. The first-order valence-corrected chi connectivity index (χ1v) is 20.9. The highest BCUT2D eigenvalue weighted by Crippen LogP contribution is 2.45. The normalized spacial score (nSPS) is 16.6. The molecule has 61 heavy (non-hydrogen) atoms. The second-order valence-electron chi connectivity index (χ2n) is 15.0. The zero-order chi connectivity index (χ0) is 43.1. The summed E-state index contributed by atoms with van der Waals surface area (Å²) in [5.74, 6) is 0.481. The van der Waals surface area contributed by atoms with E-state index >= 15 is 0 Å². The van der Waals surface area contributed by atoms with Gasteiger partial charge < -0.3 is 34.7 Å². The number of benzene rings is 2. The first kappa shape index (κ1) is 43.5. The van der Waals surface area contributed by atoms with Crippen LogP contribution in [0.5, 0.6) is 17.6 Å². The van der Waals surface area contributed by atoms with Gasteiger partial charge in [0.15, 0.2) is 0 Å². The molecule has 4 heterocycles. The van der Waals surface area contributed by atoms with Gasteiger partial charge in [-0.3, -0.25) is 15.1 Å². The maximum absolute atomic E-state index is 12.5. The zero-order valence-corrected chi connectivity index (χ0v) is 36.2. The Morgan fingerprint density at radius 3 is 2.56 bits per heavy atom. The summed E-state index contributed by atoms with van der Waals surface area (Å²) >= 11 is 10.9. The smallest absolute Gasteiger partial charge is 0.328 e. The fraction of sp³-hybridized carbons (Fsp3) is 0.333. The van der Waals surface area contributed by atoms with Gasteiger partial charge >= 0.3 is 5.97 Å². The number of aromatic nitrogens is 3.